The second-order valence-corrected chi connectivity index (χ2v) is 18.8. The lowest BCUT2D eigenvalue weighted by molar-refractivity contribution is -0.188. The smallest absolute Gasteiger partial charge is 0.307 e. The van der Waals surface area contributed by atoms with Gasteiger partial charge >= 0.3 is 5.97 Å². The molecule has 0 bridgehead atoms. The van der Waals surface area contributed by atoms with Crippen molar-refractivity contribution in [1.29, 1.82) is 0 Å². The van der Waals surface area contributed by atoms with E-state index in [1.807, 2.05) is 0 Å². The van der Waals surface area contributed by atoms with Gasteiger partial charge in [-0.2, -0.15) is 0 Å². The van der Waals surface area contributed by atoms with E-state index in [-0.39, 0.29) is 19.3 Å². The van der Waals surface area contributed by atoms with Crippen LogP contribution >= 0.6 is 0 Å². The molecule has 0 aromatic rings. The van der Waals surface area contributed by atoms with Crippen molar-refractivity contribution >= 4 is 17.5 Å². The van der Waals surface area contributed by atoms with E-state index in [1.165, 1.54) is 167 Å². The van der Waals surface area contributed by atoms with Crippen LogP contribution in [0.5, 0.6) is 0 Å². The minimum Gasteiger partial charge on any atom is -0.440 e. The maximum atomic E-state index is 13.9. The molecule has 6 nitrogen and oxygen atoms in total. The molecule has 0 aliphatic heterocycles. The summed E-state index contributed by atoms with van der Waals surface area (Å²) >= 11 is 0. The van der Waals surface area contributed by atoms with Crippen LogP contribution in [-0.2, 0) is 19.1 Å². The Kier molecular flexibility index (Phi) is 45.3. The van der Waals surface area contributed by atoms with Crippen LogP contribution in [0.4, 0.5) is 0 Å². The Morgan fingerprint density at radius 1 is 0.393 bits per heavy atom. The van der Waals surface area contributed by atoms with Gasteiger partial charge in [0.05, 0.1) is 6.61 Å². The summed E-state index contributed by atoms with van der Waals surface area (Å²) in [4.78, 5) is 41.2. The standard InChI is InChI=1S/C55H104O6/c1-4-7-10-13-16-19-22-25-27-30-33-36-39-42-45-48-52(58)55(53(59)50-56,51(57)47-44-41-38-35-32-29-24-21-18-15-12-9-6-3)61-54(60)49-46-43-40-37-34-31-28-26-23-20-17-14-11-8-5-2/h25,27,53,56,59H,4-24,26,28-50H2,1-3H3. The number of carbonyl (C=O) groups excluding carboxylic acids is 3. The van der Waals surface area contributed by atoms with Crippen molar-refractivity contribution in [2.24, 2.45) is 0 Å². The molecule has 2 atom stereocenters. The van der Waals surface area contributed by atoms with Gasteiger partial charge < -0.3 is 14.9 Å². The minimum atomic E-state index is -2.32. The Labute approximate surface area is 379 Å². The highest BCUT2D eigenvalue weighted by molar-refractivity contribution is 6.12. The molecule has 0 aliphatic carbocycles. The number of Topliss-reactive ketones (excluding diaryl/α,β-unsaturated/α-hetero) is 2. The van der Waals surface area contributed by atoms with Crippen LogP contribution in [0.3, 0.4) is 0 Å². The molecule has 2 N–H and O–H groups in total. The van der Waals surface area contributed by atoms with E-state index in [2.05, 4.69) is 32.9 Å². The summed E-state index contributed by atoms with van der Waals surface area (Å²) in [7, 11) is 0. The zero-order valence-corrected chi connectivity index (χ0v) is 41.1. The predicted molar refractivity (Wildman–Crippen MR) is 261 cm³/mol. The number of hydrogen-bond donors (Lipinski definition) is 2. The van der Waals surface area contributed by atoms with Gasteiger partial charge in [0.1, 0.15) is 6.10 Å². The van der Waals surface area contributed by atoms with Crippen LogP contribution in [0.2, 0.25) is 0 Å². The van der Waals surface area contributed by atoms with Crippen LogP contribution in [-0.4, -0.2) is 46.1 Å². The van der Waals surface area contributed by atoms with Gasteiger partial charge in [-0.3, -0.25) is 14.4 Å². The second-order valence-electron chi connectivity index (χ2n) is 18.8. The van der Waals surface area contributed by atoms with Crippen molar-refractivity contribution in [2.45, 2.75) is 315 Å². The lowest BCUT2D eigenvalue weighted by atomic mass is 9.82. The Balaban J connectivity index is 4.88. The molecule has 0 aromatic heterocycles. The predicted octanol–water partition coefficient (Wildman–Crippen LogP) is 16.5. The summed E-state index contributed by atoms with van der Waals surface area (Å²) in [5.74, 6) is -1.74. The van der Waals surface area contributed by atoms with Crippen molar-refractivity contribution in [2.75, 3.05) is 6.61 Å². The molecule has 0 saturated heterocycles. The first-order valence-corrected chi connectivity index (χ1v) is 27.1. The largest absolute Gasteiger partial charge is 0.440 e. The highest BCUT2D eigenvalue weighted by Gasteiger charge is 2.53. The van der Waals surface area contributed by atoms with E-state index in [0.29, 0.717) is 19.3 Å². The van der Waals surface area contributed by atoms with Crippen LogP contribution in [0.1, 0.15) is 303 Å². The van der Waals surface area contributed by atoms with E-state index in [1.54, 1.807) is 0 Å². The first-order valence-electron chi connectivity index (χ1n) is 27.1. The average molecular weight is 861 g/mol. The van der Waals surface area contributed by atoms with Crippen LogP contribution < -0.4 is 0 Å². The van der Waals surface area contributed by atoms with Gasteiger partial charge in [0.2, 0.25) is 0 Å². The van der Waals surface area contributed by atoms with Gasteiger partial charge in [-0.05, 0) is 44.9 Å². The Hall–Kier alpha value is -1.53. The number of allylic oxidation sites excluding steroid dienone is 2. The first kappa shape index (κ1) is 59.5. The number of ether oxygens (including phenoxy) is 1. The van der Waals surface area contributed by atoms with Crippen molar-refractivity contribution in [3.8, 4) is 0 Å². The minimum absolute atomic E-state index is 0.0474. The van der Waals surface area contributed by atoms with Crippen LogP contribution in [0, 0.1) is 0 Å². The molecule has 0 aromatic carbocycles. The third-order valence-electron chi connectivity index (χ3n) is 12.9. The fourth-order valence-electron chi connectivity index (χ4n) is 8.74. The molecular formula is C55H104O6. The summed E-state index contributed by atoms with van der Waals surface area (Å²) < 4.78 is 5.82. The fourth-order valence-corrected chi connectivity index (χ4v) is 8.74. The molecule has 0 heterocycles. The van der Waals surface area contributed by atoms with Gasteiger partial charge in [-0.15, -0.1) is 0 Å². The van der Waals surface area contributed by atoms with Crippen LogP contribution in [0.15, 0.2) is 12.2 Å². The molecule has 0 rings (SSSR count). The first-order chi connectivity index (χ1) is 29.9. The topological polar surface area (TPSA) is 101 Å². The van der Waals surface area contributed by atoms with Gasteiger partial charge in [0.15, 0.2) is 11.6 Å². The molecule has 0 radical (unpaired) electrons. The molecule has 6 heteroatoms. The molecule has 0 spiro atoms. The molecule has 0 fully saturated rings. The number of rotatable bonds is 50. The number of aliphatic hydroxyl groups excluding tert-OH is 2. The SMILES string of the molecule is CCCCCCCCC=CCCCCCCCC(=O)C(OC(=O)CCCCCCCCCCCCCCCCC)(C(=O)CCCCCCCCCCCCCCC)C(O)CO. The van der Waals surface area contributed by atoms with Gasteiger partial charge in [-0.1, -0.05) is 251 Å². The Bertz CT molecular complexity index is 993. The second kappa shape index (κ2) is 46.5. The molecule has 0 saturated carbocycles. The zero-order chi connectivity index (χ0) is 44.8. The monoisotopic (exact) mass is 861 g/mol. The van der Waals surface area contributed by atoms with E-state index >= 15 is 0 Å². The molecule has 0 aliphatic rings. The summed E-state index contributed by atoms with van der Waals surface area (Å²) in [5.41, 5.74) is -2.32. The third-order valence-corrected chi connectivity index (χ3v) is 12.9. The van der Waals surface area contributed by atoms with E-state index < -0.39 is 35.8 Å². The fraction of sp³-hybridized carbons (Fsp3) is 0.909. The number of hydrogen-bond acceptors (Lipinski definition) is 6. The molecular weight excluding hydrogens is 757 g/mol. The van der Waals surface area contributed by atoms with Gasteiger partial charge in [0, 0.05) is 19.3 Å². The number of esters is 1. The lowest BCUT2D eigenvalue weighted by Gasteiger charge is -2.34. The average Bonchev–Trinajstić information content (AvgIpc) is 3.26. The van der Waals surface area contributed by atoms with Crippen molar-refractivity contribution in [1.82, 2.24) is 0 Å². The van der Waals surface area contributed by atoms with Crippen LogP contribution in [0.25, 0.3) is 0 Å². The summed E-state index contributed by atoms with van der Waals surface area (Å²) in [5, 5.41) is 21.3. The molecule has 0 amide bonds. The highest BCUT2D eigenvalue weighted by atomic mass is 16.6. The Morgan fingerprint density at radius 3 is 0.918 bits per heavy atom. The maximum absolute atomic E-state index is 13.9. The normalized spacial score (nSPS) is 13.2. The molecule has 61 heavy (non-hydrogen) atoms. The van der Waals surface area contributed by atoms with Gasteiger partial charge in [-0.25, -0.2) is 0 Å². The Morgan fingerprint density at radius 2 is 0.639 bits per heavy atom. The highest BCUT2D eigenvalue weighted by Crippen LogP contribution is 2.28. The number of ketones is 2. The third kappa shape index (κ3) is 35.5. The van der Waals surface area contributed by atoms with Crippen molar-refractivity contribution in [3.63, 3.8) is 0 Å². The number of aliphatic hydroxyl groups is 2. The van der Waals surface area contributed by atoms with Crippen molar-refractivity contribution in [3.05, 3.63) is 12.2 Å². The van der Waals surface area contributed by atoms with E-state index in [0.717, 1.165) is 77.0 Å². The van der Waals surface area contributed by atoms with Gasteiger partial charge in [0.25, 0.3) is 5.60 Å². The quantitative estimate of drug-likeness (QED) is 0.0273. The molecule has 360 valence electrons. The summed E-state index contributed by atoms with van der Waals surface area (Å²) in [6.07, 6.45) is 51.4. The van der Waals surface area contributed by atoms with Crippen molar-refractivity contribution < 1.29 is 29.3 Å². The summed E-state index contributed by atoms with van der Waals surface area (Å²) in [6.45, 7) is 5.96. The number of carbonyl (C=O) groups is 3. The number of unbranched alkanes of at least 4 members (excludes halogenated alkanes) is 37. The zero-order valence-electron chi connectivity index (χ0n) is 41.1. The molecule has 2 unspecified atom stereocenters. The lowest BCUT2D eigenvalue weighted by Crippen LogP contribution is -2.60. The van der Waals surface area contributed by atoms with E-state index in [4.69, 9.17) is 4.74 Å². The van der Waals surface area contributed by atoms with E-state index in [9.17, 15) is 24.6 Å². The summed E-state index contributed by atoms with van der Waals surface area (Å²) in [6, 6.07) is 0. The maximum Gasteiger partial charge on any atom is 0.307 e.